The lowest BCUT2D eigenvalue weighted by Crippen LogP contribution is -2.32. The predicted molar refractivity (Wildman–Crippen MR) is 45.5 cm³/mol. The molecule has 1 N–H and O–H groups in total. The summed E-state index contributed by atoms with van der Waals surface area (Å²) in [5, 5.41) is 5.92. The molecule has 13 heavy (non-hydrogen) atoms. The van der Waals surface area contributed by atoms with Gasteiger partial charge in [-0.1, -0.05) is 0 Å². The maximum Gasteiger partial charge on any atom is 0.285 e. The minimum Gasteiger partial charge on any atom is -0.273 e. The van der Waals surface area contributed by atoms with Gasteiger partial charge in [0.1, 0.15) is 5.69 Å². The molecule has 0 aromatic carbocycles. The van der Waals surface area contributed by atoms with Crippen LogP contribution in [0.3, 0.4) is 0 Å². The number of amides is 1. The molecule has 0 aliphatic carbocycles. The molecule has 0 saturated heterocycles. The number of carbonyl (C=O) groups is 1. The van der Waals surface area contributed by atoms with Gasteiger partial charge in [0.25, 0.3) is 5.91 Å². The number of H-pyrrole nitrogens is 1. The minimum atomic E-state index is -3.49. The number of nitrogens with zero attached hydrogens (tertiary/aromatic N) is 2. The molecule has 0 bridgehead atoms. The molecule has 0 spiro atoms. The summed E-state index contributed by atoms with van der Waals surface area (Å²) in [5.74, 6) is -0.625. The van der Waals surface area contributed by atoms with Crippen molar-refractivity contribution in [3.8, 4) is 0 Å². The fourth-order valence-corrected chi connectivity index (χ4v) is 1.09. The average Bonchev–Trinajstić information content (AvgIpc) is 2.51. The molecule has 1 rings (SSSR count). The van der Waals surface area contributed by atoms with Gasteiger partial charge >= 0.3 is 0 Å². The zero-order chi connectivity index (χ0) is 10.1. The van der Waals surface area contributed by atoms with E-state index in [2.05, 4.69) is 10.2 Å². The maximum absolute atomic E-state index is 11.3. The number of hydrogen-bond acceptors (Lipinski definition) is 4. The lowest BCUT2D eigenvalue weighted by molar-refractivity contribution is 0.0878. The van der Waals surface area contributed by atoms with Crippen molar-refractivity contribution < 1.29 is 13.2 Å². The number of aromatic amines is 1. The fourth-order valence-electron chi connectivity index (χ4n) is 0.695. The van der Waals surface area contributed by atoms with Gasteiger partial charge in [-0.05, 0) is 6.07 Å². The van der Waals surface area contributed by atoms with E-state index in [1.807, 2.05) is 0 Å². The molecule has 72 valence electrons. The van der Waals surface area contributed by atoms with Crippen LogP contribution in [0.2, 0.25) is 0 Å². The van der Waals surface area contributed by atoms with E-state index in [9.17, 15) is 13.2 Å². The predicted octanol–water partition coefficient (Wildman–Crippen LogP) is -0.559. The Kier molecular flexibility index (Phi) is 2.37. The minimum absolute atomic E-state index is 0.146. The second-order valence-corrected chi connectivity index (χ2v) is 4.52. The van der Waals surface area contributed by atoms with E-state index in [1.165, 1.54) is 19.3 Å². The van der Waals surface area contributed by atoms with E-state index in [0.29, 0.717) is 4.31 Å². The van der Waals surface area contributed by atoms with Crippen LogP contribution in [0.1, 0.15) is 10.5 Å². The number of rotatable bonds is 2. The molecule has 1 aromatic rings. The Hall–Kier alpha value is -1.37. The van der Waals surface area contributed by atoms with E-state index in [4.69, 9.17) is 0 Å². The fraction of sp³-hybridized carbons (Fsp3) is 0.333. The summed E-state index contributed by atoms with van der Waals surface area (Å²) in [7, 11) is -2.30. The highest BCUT2D eigenvalue weighted by molar-refractivity contribution is 7.88. The highest BCUT2D eigenvalue weighted by atomic mass is 32.2. The van der Waals surface area contributed by atoms with Crippen molar-refractivity contribution in [2.24, 2.45) is 0 Å². The molecule has 1 aromatic heterocycles. The van der Waals surface area contributed by atoms with Gasteiger partial charge in [0, 0.05) is 13.2 Å². The number of carbonyl (C=O) groups excluding carboxylic acids is 1. The molecule has 1 heterocycles. The van der Waals surface area contributed by atoms with Gasteiger partial charge in [-0.25, -0.2) is 12.7 Å². The Morgan fingerprint density at radius 1 is 1.62 bits per heavy atom. The van der Waals surface area contributed by atoms with Gasteiger partial charge in [-0.2, -0.15) is 5.10 Å². The first-order valence-electron chi connectivity index (χ1n) is 3.40. The van der Waals surface area contributed by atoms with Crippen molar-refractivity contribution in [1.82, 2.24) is 14.5 Å². The van der Waals surface area contributed by atoms with Gasteiger partial charge < -0.3 is 0 Å². The van der Waals surface area contributed by atoms with Crippen molar-refractivity contribution in [2.75, 3.05) is 13.3 Å². The molecule has 0 aliphatic rings. The molecule has 0 unspecified atom stereocenters. The molecule has 7 heteroatoms. The normalized spacial score (nSPS) is 11.2. The summed E-state index contributed by atoms with van der Waals surface area (Å²) in [6, 6.07) is 1.41. The average molecular weight is 203 g/mol. The lowest BCUT2D eigenvalue weighted by Gasteiger charge is -2.12. The van der Waals surface area contributed by atoms with Gasteiger partial charge in [-0.15, -0.1) is 0 Å². The zero-order valence-electron chi connectivity index (χ0n) is 7.18. The van der Waals surface area contributed by atoms with Crippen molar-refractivity contribution in [1.29, 1.82) is 0 Å². The topological polar surface area (TPSA) is 83.1 Å². The van der Waals surface area contributed by atoms with Crippen LogP contribution >= 0.6 is 0 Å². The molecule has 6 nitrogen and oxygen atoms in total. The standard InChI is InChI=1S/C6H9N3O3S/c1-9(13(2,11)12)6(10)5-3-4-7-8-5/h3-4H,1-2H3,(H,7,8). The molecular weight excluding hydrogens is 194 g/mol. The Balaban J connectivity index is 2.94. The van der Waals surface area contributed by atoms with Crippen LogP contribution in [-0.2, 0) is 10.0 Å². The van der Waals surface area contributed by atoms with Crippen molar-refractivity contribution >= 4 is 15.9 Å². The van der Waals surface area contributed by atoms with Crippen molar-refractivity contribution in [2.45, 2.75) is 0 Å². The van der Waals surface area contributed by atoms with Gasteiger partial charge in [0.2, 0.25) is 10.0 Å². The third-order valence-electron chi connectivity index (χ3n) is 1.51. The Morgan fingerprint density at radius 3 is 2.62 bits per heavy atom. The van der Waals surface area contributed by atoms with Crippen molar-refractivity contribution in [3.05, 3.63) is 18.0 Å². The molecule has 1 amide bonds. The van der Waals surface area contributed by atoms with E-state index in [0.717, 1.165) is 6.26 Å². The zero-order valence-corrected chi connectivity index (χ0v) is 8.00. The van der Waals surface area contributed by atoms with Gasteiger partial charge in [0.05, 0.1) is 6.26 Å². The first kappa shape index (κ1) is 9.72. The van der Waals surface area contributed by atoms with E-state index in [1.54, 1.807) is 0 Å². The van der Waals surface area contributed by atoms with E-state index >= 15 is 0 Å². The molecule has 0 radical (unpaired) electrons. The monoisotopic (exact) mass is 203 g/mol. The highest BCUT2D eigenvalue weighted by Gasteiger charge is 2.20. The summed E-state index contributed by atoms with van der Waals surface area (Å²) < 4.78 is 22.5. The molecule has 0 aliphatic heterocycles. The molecule has 0 atom stereocenters. The van der Waals surface area contributed by atoms with Crippen LogP contribution in [0.4, 0.5) is 0 Å². The Labute approximate surface area is 75.6 Å². The summed E-state index contributed by atoms with van der Waals surface area (Å²) in [4.78, 5) is 11.3. The quantitative estimate of drug-likeness (QED) is 0.698. The van der Waals surface area contributed by atoms with E-state index in [-0.39, 0.29) is 5.69 Å². The molecular formula is C6H9N3O3S. The largest absolute Gasteiger partial charge is 0.285 e. The smallest absolute Gasteiger partial charge is 0.273 e. The van der Waals surface area contributed by atoms with Gasteiger partial charge in [0.15, 0.2) is 0 Å². The number of sulfonamides is 1. The third kappa shape index (κ3) is 2.05. The first-order valence-corrected chi connectivity index (χ1v) is 5.25. The van der Waals surface area contributed by atoms with Crippen LogP contribution in [-0.4, -0.2) is 42.1 Å². The number of hydrogen-bond donors (Lipinski definition) is 1. The molecule has 0 saturated carbocycles. The SMILES string of the molecule is CN(C(=O)c1ccn[nH]1)S(C)(=O)=O. The second kappa shape index (κ2) is 3.17. The maximum atomic E-state index is 11.3. The summed E-state index contributed by atoms with van der Waals surface area (Å²) in [6.07, 6.45) is 2.34. The summed E-state index contributed by atoms with van der Waals surface area (Å²) in [6.45, 7) is 0. The number of aromatic nitrogens is 2. The Morgan fingerprint density at radius 2 is 2.23 bits per heavy atom. The van der Waals surface area contributed by atoms with Crippen molar-refractivity contribution in [3.63, 3.8) is 0 Å². The van der Waals surface area contributed by atoms with E-state index < -0.39 is 15.9 Å². The van der Waals surface area contributed by atoms with Crippen LogP contribution in [0, 0.1) is 0 Å². The third-order valence-corrected chi connectivity index (χ3v) is 2.68. The Bertz CT molecular complexity index is 395. The van der Waals surface area contributed by atoms with Crippen LogP contribution in [0.5, 0.6) is 0 Å². The van der Waals surface area contributed by atoms with Crippen LogP contribution in [0.15, 0.2) is 12.3 Å². The first-order chi connectivity index (χ1) is 5.93. The van der Waals surface area contributed by atoms with Gasteiger partial charge in [-0.3, -0.25) is 9.89 Å². The highest BCUT2D eigenvalue weighted by Crippen LogP contribution is 2.01. The second-order valence-electron chi connectivity index (χ2n) is 2.51. The molecule has 0 fully saturated rings. The van der Waals surface area contributed by atoms with Crippen LogP contribution < -0.4 is 0 Å². The lowest BCUT2D eigenvalue weighted by atomic mass is 10.4. The summed E-state index contributed by atoms with van der Waals surface area (Å²) in [5.41, 5.74) is 0.146. The summed E-state index contributed by atoms with van der Waals surface area (Å²) >= 11 is 0. The van der Waals surface area contributed by atoms with Crippen LogP contribution in [0.25, 0.3) is 0 Å². The number of nitrogens with one attached hydrogen (secondary N) is 1.